The second-order valence-electron chi connectivity index (χ2n) is 12.5. The Morgan fingerprint density at radius 2 is 1.71 bits per heavy atom. The molecule has 1 aliphatic carbocycles. The lowest BCUT2D eigenvalue weighted by Gasteiger charge is -2.58. The number of carboxylic acid groups (broad SMARTS) is 2. The number of aliphatic hydroxyl groups is 2. The fourth-order valence-electron chi connectivity index (χ4n) is 7.03. The van der Waals surface area contributed by atoms with Crippen molar-refractivity contribution in [2.45, 2.75) is 81.0 Å². The zero-order chi connectivity index (χ0) is 35.8. The van der Waals surface area contributed by atoms with Gasteiger partial charge < -0.3 is 49.4 Å². The van der Waals surface area contributed by atoms with Crippen molar-refractivity contribution < 1.29 is 68.5 Å². The number of likely N-dealkylation sites (tertiary alicyclic amines) is 1. The number of phenols is 1. The zero-order valence-corrected chi connectivity index (χ0v) is 26.9. The van der Waals surface area contributed by atoms with Crippen molar-refractivity contribution in [3.05, 3.63) is 71.0 Å². The fraction of sp³-hybridized carbons (Fsp3) is 0.441. The number of carbonyl (C=O) groups excluding carboxylic acids is 3. The molecule has 262 valence electrons. The summed E-state index contributed by atoms with van der Waals surface area (Å²) in [6.07, 6.45) is -7.28. The van der Waals surface area contributed by atoms with Gasteiger partial charge in [-0.25, -0.2) is 14.4 Å². The third kappa shape index (κ3) is 6.32. The van der Waals surface area contributed by atoms with Crippen LogP contribution in [0.25, 0.3) is 0 Å². The molecular formula is C34H37NO14. The Kier molecular flexibility index (Phi) is 9.72. The summed E-state index contributed by atoms with van der Waals surface area (Å²) in [4.78, 5) is 63.6. The number of hydrogen-bond donors (Lipinski definition) is 5. The molecular weight excluding hydrogens is 646 g/mol. The standard InChI is InChI=1S/C34H37NO14/c1-17-9-10-20(36)28-26(17)33-13-14-35(3)18(2)34(33,45)12-11-22(29(33)49-28)46-31(43)21(37)15-25(40)48-27(19-7-5-4-6-8-19)32(44)47-23(30(41)42)16-24(38)39/h4-11,18,21,23,27,29,36-37,45H,12-16H2,1-3H3,(H,38,39)(H,41,42)/t18-,21+,23-,27+,29+,33+,34-/m1/s1. The molecule has 0 radical (unpaired) electrons. The van der Waals surface area contributed by atoms with Crippen molar-refractivity contribution in [1.29, 1.82) is 0 Å². The Hall–Kier alpha value is -4.99. The van der Waals surface area contributed by atoms with Crippen LogP contribution in [0.4, 0.5) is 0 Å². The van der Waals surface area contributed by atoms with E-state index in [4.69, 9.17) is 24.1 Å². The second kappa shape index (κ2) is 13.5. The molecule has 15 nitrogen and oxygen atoms in total. The Morgan fingerprint density at radius 3 is 2.37 bits per heavy atom. The number of piperidine rings is 1. The molecule has 0 unspecified atom stereocenters. The summed E-state index contributed by atoms with van der Waals surface area (Å²) in [6.45, 7) is 4.25. The SMILES string of the molecule is Cc1ccc(O)c2c1[C@]13CCN(C)[C@H](C)[C@]1(O)CC=C(OC(=O)[C@@H](O)CC(=O)O[C@H](C(=O)O[C@H](CC(=O)O)C(=O)O)c1ccccc1)[C@@H]3O2. The first-order valence-electron chi connectivity index (χ1n) is 15.5. The summed E-state index contributed by atoms with van der Waals surface area (Å²) in [7, 11) is 1.88. The maximum absolute atomic E-state index is 13.2. The Bertz CT molecular complexity index is 1690. The molecule has 1 fully saturated rings. The summed E-state index contributed by atoms with van der Waals surface area (Å²) in [5.41, 5.74) is -1.14. The second-order valence-corrected chi connectivity index (χ2v) is 12.5. The summed E-state index contributed by atoms with van der Waals surface area (Å²) >= 11 is 0. The van der Waals surface area contributed by atoms with E-state index in [1.165, 1.54) is 36.4 Å². The number of phenolic OH excluding ortho intramolecular Hbond substituents is 1. The molecule has 5 N–H and O–H groups in total. The molecule has 0 bridgehead atoms. The van der Waals surface area contributed by atoms with E-state index in [2.05, 4.69) is 0 Å². The number of carbonyl (C=O) groups is 5. The Morgan fingerprint density at radius 1 is 1.02 bits per heavy atom. The molecule has 3 aliphatic rings. The van der Waals surface area contributed by atoms with E-state index >= 15 is 0 Å². The number of rotatable bonds is 11. The average molecular weight is 684 g/mol. The highest BCUT2D eigenvalue weighted by atomic mass is 16.6. The predicted molar refractivity (Wildman–Crippen MR) is 165 cm³/mol. The summed E-state index contributed by atoms with van der Waals surface area (Å²) in [5, 5.41) is 52.0. The number of aryl methyl sites for hydroxylation is 1. The van der Waals surface area contributed by atoms with Gasteiger partial charge in [0.15, 0.2) is 23.7 Å². The smallest absolute Gasteiger partial charge is 0.353 e. The third-order valence-corrected chi connectivity index (χ3v) is 9.64. The summed E-state index contributed by atoms with van der Waals surface area (Å²) < 4.78 is 21.9. The van der Waals surface area contributed by atoms with Crippen LogP contribution in [0.5, 0.6) is 11.5 Å². The molecule has 7 atom stereocenters. The first kappa shape index (κ1) is 35.3. The Balaban J connectivity index is 1.34. The van der Waals surface area contributed by atoms with Crippen LogP contribution in [0.3, 0.4) is 0 Å². The van der Waals surface area contributed by atoms with E-state index in [1.54, 1.807) is 12.1 Å². The topological polar surface area (TPSA) is 227 Å². The maximum atomic E-state index is 13.2. The van der Waals surface area contributed by atoms with Crippen LogP contribution in [-0.2, 0) is 43.6 Å². The van der Waals surface area contributed by atoms with Gasteiger partial charge in [0.2, 0.25) is 12.2 Å². The van der Waals surface area contributed by atoms with Gasteiger partial charge in [0.05, 0.1) is 23.9 Å². The van der Waals surface area contributed by atoms with Crippen molar-refractivity contribution in [2.24, 2.45) is 0 Å². The van der Waals surface area contributed by atoms with Gasteiger partial charge in [0, 0.05) is 23.6 Å². The van der Waals surface area contributed by atoms with E-state index in [-0.39, 0.29) is 35.3 Å². The monoisotopic (exact) mass is 683 g/mol. The highest BCUT2D eigenvalue weighted by Crippen LogP contribution is 2.62. The van der Waals surface area contributed by atoms with Crippen LogP contribution < -0.4 is 4.74 Å². The van der Waals surface area contributed by atoms with Gasteiger partial charge in [0.25, 0.3) is 0 Å². The van der Waals surface area contributed by atoms with Crippen LogP contribution in [0, 0.1) is 6.92 Å². The number of likely N-dealkylation sites (N-methyl/N-ethyl adjacent to an activating group) is 1. The van der Waals surface area contributed by atoms with Gasteiger partial charge in [-0.15, -0.1) is 0 Å². The molecule has 0 amide bonds. The quantitative estimate of drug-likeness (QED) is 0.167. The van der Waals surface area contributed by atoms with Gasteiger partial charge in [-0.1, -0.05) is 36.4 Å². The molecule has 2 aromatic rings. The Labute approximate surface area is 280 Å². The largest absolute Gasteiger partial charge is 0.504 e. The average Bonchev–Trinajstić information content (AvgIpc) is 3.42. The predicted octanol–water partition coefficient (Wildman–Crippen LogP) is 1.49. The van der Waals surface area contributed by atoms with Crippen LogP contribution >= 0.6 is 0 Å². The molecule has 15 heteroatoms. The van der Waals surface area contributed by atoms with Crippen molar-refractivity contribution in [1.82, 2.24) is 4.90 Å². The number of benzene rings is 2. The van der Waals surface area contributed by atoms with Gasteiger partial charge in [-0.3, -0.25) is 9.59 Å². The molecule has 49 heavy (non-hydrogen) atoms. The minimum atomic E-state index is -2.10. The maximum Gasteiger partial charge on any atom is 0.353 e. The van der Waals surface area contributed by atoms with Gasteiger partial charge in [0.1, 0.15) is 5.76 Å². The van der Waals surface area contributed by atoms with Gasteiger partial charge >= 0.3 is 29.8 Å². The molecule has 5 rings (SSSR count). The number of nitrogens with zero attached hydrogens (tertiary/aromatic N) is 1. The van der Waals surface area contributed by atoms with Crippen molar-refractivity contribution in [2.75, 3.05) is 13.6 Å². The highest BCUT2D eigenvalue weighted by molar-refractivity contribution is 5.87. The molecule has 2 heterocycles. The molecule has 2 aliphatic heterocycles. The van der Waals surface area contributed by atoms with E-state index in [1.807, 2.05) is 25.8 Å². The molecule has 1 spiro atoms. The van der Waals surface area contributed by atoms with Crippen LogP contribution in [0.2, 0.25) is 0 Å². The van der Waals surface area contributed by atoms with E-state index < -0.39 is 78.1 Å². The number of esters is 3. The number of aromatic hydroxyl groups is 1. The molecule has 0 saturated carbocycles. The van der Waals surface area contributed by atoms with Crippen LogP contribution in [0.1, 0.15) is 55.4 Å². The summed E-state index contributed by atoms with van der Waals surface area (Å²) in [5.74, 6) is -7.25. The third-order valence-electron chi connectivity index (χ3n) is 9.64. The number of aliphatic hydroxyl groups excluding tert-OH is 1. The van der Waals surface area contributed by atoms with E-state index in [0.29, 0.717) is 18.5 Å². The molecule has 1 saturated heterocycles. The highest BCUT2D eigenvalue weighted by Gasteiger charge is 2.69. The number of ether oxygens (including phenoxy) is 4. The van der Waals surface area contributed by atoms with Gasteiger partial charge in [-0.05, 0) is 51.6 Å². The normalized spacial score (nSPS) is 25.9. The van der Waals surface area contributed by atoms with Gasteiger partial charge in [-0.2, -0.15) is 0 Å². The first-order valence-corrected chi connectivity index (χ1v) is 15.5. The van der Waals surface area contributed by atoms with E-state index in [0.717, 1.165) is 5.56 Å². The lowest BCUT2D eigenvalue weighted by atomic mass is 9.54. The number of fused-ring (bicyclic) bond motifs is 1. The van der Waals surface area contributed by atoms with Crippen molar-refractivity contribution >= 4 is 29.8 Å². The first-order chi connectivity index (χ1) is 23.1. The molecule has 2 aromatic carbocycles. The molecule has 0 aromatic heterocycles. The lowest BCUT2D eigenvalue weighted by molar-refractivity contribution is -0.180. The minimum Gasteiger partial charge on any atom is -0.504 e. The number of aliphatic carboxylic acids is 2. The minimum absolute atomic E-state index is 0.0299. The van der Waals surface area contributed by atoms with Crippen LogP contribution in [-0.4, -0.2) is 104 Å². The number of carboxylic acids is 2. The summed E-state index contributed by atoms with van der Waals surface area (Å²) in [6, 6.07) is 10.1. The van der Waals surface area contributed by atoms with Crippen molar-refractivity contribution in [3.8, 4) is 11.5 Å². The fourth-order valence-corrected chi connectivity index (χ4v) is 7.03. The lowest BCUT2D eigenvalue weighted by Crippen LogP contribution is -2.71. The zero-order valence-electron chi connectivity index (χ0n) is 26.9. The van der Waals surface area contributed by atoms with Crippen LogP contribution in [0.15, 0.2) is 54.3 Å². The van der Waals surface area contributed by atoms with E-state index in [9.17, 15) is 44.4 Å². The number of hydrogen-bond acceptors (Lipinski definition) is 13. The van der Waals surface area contributed by atoms with Crippen molar-refractivity contribution in [3.63, 3.8) is 0 Å².